The first-order valence-corrected chi connectivity index (χ1v) is 6.40. The Morgan fingerprint density at radius 1 is 1.24 bits per heavy atom. The SMILES string of the molecule is CNC(CCC(C)C)c1ccc(OC)c(C)c1. The van der Waals surface area contributed by atoms with E-state index < -0.39 is 0 Å². The Morgan fingerprint density at radius 3 is 2.41 bits per heavy atom. The molecule has 2 nitrogen and oxygen atoms in total. The molecule has 0 spiro atoms. The van der Waals surface area contributed by atoms with Crippen LogP contribution in [-0.4, -0.2) is 14.2 Å². The molecule has 96 valence electrons. The van der Waals surface area contributed by atoms with Crippen molar-refractivity contribution < 1.29 is 4.74 Å². The van der Waals surface area contributed by atoms with Gasteiger partial charge in [-0.3, -0.25) is 0 Å². The predicted octanol–water partition coefficient (Wildman–Crippen LogP) is 3.70. The molecular weight excluding hydrogens is 210 g/mol. The molecule has 0 fully saturated rings. The van der Waals surface area contributed by atoms with Gasteiger partial charge in [0.15, 0.2) is 0 Å². The maximum absolute atomic E-state index is 5.29. The van der Waals surface area contributed by atoms with E-state index in [0.717, 1.165) is 11.7 Å². The van der Waals surface area contributed by atoms with Gasteiger partial charge in [-0.1, -0.05) is 26.0 Å². The normalized spacial score (nSPS) is 12.8. The fourth-order valence-electron chi connectivity index (χ4n) is 2.10. The van der Waals surface area contributed by atoms with Crippen molar-refractivity contribution in [3.05, 3.63) is 29.3 Å². The lowest BCUT2D eigenvalue weighted by Crippen LogP contribution is -2.17. The number of rotatable bonds is 6. The third-order valence-electron chi connectivity index (χ3n) is 3.20. The van der Waals surface area contributed by atoms with Gasteiger partial charge in [0.05, 0.1) is 7.11 Å². The standard InChI is InChI=1S/C15H25NO/c1-11(2)6-8-14(16-4)13-7-9-15(17-5)12(3)10-13/h7,9-11,14,16H,6,8H2,1-5H3. The first kappa shape index (κ1) is 14.0. The van der Waals surface area contributed by atoms with Crippen LogP contribution in [0, 0.1) is 12.8 Å². The van der Waals surface area contributed by atoms with E-state index >= 15 is 0 Å². The molecule has 17 heavy (non-hydrogen) atoms. The van der Waals surface area contributed by atoms with Crippen molar-refractivity contribution in [2.75, 3.05) is 14.2 Å². The van der Waals surface area contributed by atoms with Crippen molar-refractivity contribution >= 4 is 0 Å². The Labute approximate surface area is 105 Å². The van der Waals surface area contributed by atoms with Gasteiger partial charge in [-0.15, -0.1) is 0 Å². The lowest BCUT2D eigenvalue weighted by molar-refractivity contribution is 0.410. The Bertz CT molecular complexity index is 347. The fraction of sp³-hybridized carbons (Fsp3) is 0.600. The summed E-state index contributed by atoms with van der Waals surface area (Å²) in [6, 6.07) is 6.89. The van der Waals surface area contributed by atoms with Crippen LogP contribution in [0.5, 0.6) is 5.75 Å². The Balaban J connectivity index is 2.78. The minimum absolute atomic E-state index is 0.446. The molecule has 0 amide bonds. The summed E-state index contributed by atoms with van der Waals surface area (Å²) < 4.78 is 5.29. The number of aryl methyl sites for hydroxylation is 1. The summed E-state index contributed by atoms with van der Waals surface area (Å²) in [6.45, 7) is 6.63. The largest absolute Gasteiger partial charge is 0.496 e. The van der Waals surface area contributed by atoms with Gasteiger partial charge in [-0.2, -0.15) is 0 Å². The zero-order valence-electron chi connectivity index (χ0n) is 11.7. The van der Waals surface area contributed by atoms with Gasteiger partial charge in [0, 0.05) is 6.04 Å². The zero-order valence-corrected chi connectivity index (χ0v) is 11.7. The summed E-state index contributed by atoms with van der Waals surface area (Å²) in [5, 5.41) is 3.40. The van der Waals surface area contributed by atoms with Crippen molar-refractivity contribution in [3.8, 4) is 5.75 Å². The smallest absolute Gasteiger partial charge is 0.121 e. The summed E-state index contributed by atoms with van der Waals surface area (Å²) in [7, 11) is 3.75. The van der Waals surface area contributed by atoms with E-state index in [1.54, 1.807) is 7.11 Å². The Kier molecular flexibility index (Phi) is 5.49. The monoisotopic (exact) mass is 235 g/mol. The van der Waals surface area contributed by atoms with Crippen LogP contribution in [0.3, 0.4) is 0 Å². The number of hydrogen-bond acceptors (Lipinski definition) is 2. The summed E-state index contributed by atoms with van der Waals surface area (Å²) in [5.74, 6) is 1.72. The second kappa shape index (κ2) is 6.65. The highest BCUT2D eigenvalue weighted by atomic mass is 16.5. The molecular formula is C15H25NO. The topological polar surface area (TPSA) is 21.3 Å². The van der Waals surface area contributed by atoms with E-state index in [2.05, 4.69) is 44.3 Å². The predicted molar refractivity (Wildman–Crippen MR) is 73.6 cm³/mol. The summed E-state index contributed by atoms with van der Waals surface area (Å²) in [6.07, 6.45) is 2.43. The molecule has 0 bridgehead atoms. The molecule has 0 aromatic heterocycles. The second-order valence-corrected chi connectivity index (χ2v) is 5.04. The molecule has 2 heteroatoms. The van der Waals surface area contributed by atoms with Crippen molar-refractivity contribution in [1.82, 2.24) is 5.32 Å². The first-order valence-electron chi connectivity index (χ1n) is 6.40. The number of nitrogens with one attached hydrogen (secondary N) is 1. The highest BCUT2D eigenvalue weighted by Crippen LogP contribution is 2.25. The molecule has 0 radical (unpaired) electrons. The van der Waals surface area contributed by atoms with E-state index in [1.165, 1.54) is 24.0 Å². The maximum atomic E-state index is 5.29. The number of hydrogen-bond donors (Lipinski definition) is 1. The fourth-order valence-corrected chi connectivity index (χ4v) is 2.10. The number of ether oxygens (including phenoxy) is 1. The van der Waals surface area contributed by atoms with E-state index in [-0.39, 0.29) is 0 Å². The van der Waals surface area contributed by atoms with Gasteiger partial charge in [0.2, 0.25) is 0 Å². The maximum Gasteiger partial charge on any atom is 0.121 e. The second-order valence-electron chi connectivity index (χ2n) is 5.04. The van der Waals surface area contributed by atoms with Crippen LogP contribution in [-0.2, 0) is 0 Å². The molecule has 1 aromatic carbocycles. The van der Waals surface area contributed by atoms with E-state index in [1.807, 2.05) is 7.05 Å². The average Bonchev–Trinajstić information content (AvgIpc) is 2.29. The number of methoxy groups -OCH3 is 1. The van der Waals surface area contributed by atoms with Gasteiger partial charge in [-0.25, -0.2) is 0 Å². The highest BCUT2D eigenvalue weighted by molar-refractivity contribution is 5.37. The van der Waals surface area contributed by atoms with Crippen LogP contribution in [0.25, 0.3) is 0 Å². The van der Waals surface area contributed by atoms with Gasteiger partial charge in [-0.05, 0) is 49.9 Å². The number of benzene rings is 1. The third-order valence-corrected chi connectivity index (χ3v) is 3.20. The molecule has 1 aromatic rings. The van der Waals surface area contributed by atoms with Crippen molar-refractivity contribution in [2.45, 2.75) is 39.7 Å². The molecule has 0 saturated heterocycles. The van der Waals surface area contributed by atoms with Gasteiger partial charge < -0.3 is 10.1 Å². The Hall–Kier alpha value is -1.02. The lowest BCUT2D eigenvalue weighted by atomic mass is 9.96. The van der Waals surface area contributed by atoms with Crippen LogP contribution in [0.1, 0.15) is 43.9 Å². The Morgan fingerprint density at radius 2 is 1.94 bits per heavy atom. The molecule has 0 aliphatic rings. The third kappa shape index (κ3) is 4.04. The average molecular weight is 235 g/mol. The van der Waals surface area contributed by atoms with Crippen molar-refractivity contribution in [1.29, 1.82) is 0 Å². The van der Waals surface area contributed by atoms with Crippen molar-refractivity contribution in [2.24, 2.45) is 5.92 Å². The van der Waals surface area contributed by atoms with Gasteiger partial charge in [0.1, 0.15) is 5.75 Å². The molecule has 0 aliphatic carbocycles. The lowest BCUT2D eigenvalue weighted by Gasteiger charge is -2.19. The molecule has 1 N–H and O–H groups in total. The summed E-state index contributed by atoms with van der Waals surface area (Å²) in [5.41, 5.74) is 2.56. The van der Waals surface area contributed by atoms with E-state index in [4.69, 9.17) is 4.74 Å². The van der Waals surface area contributed by atoms with Crippen LogP contribution < -0.4 is 10.1 Å². The molecule has 0 aliphatic heterocycles. The minimum Gasteiger partial charge on any atom is -0.496 e. The van der Waals surface area contributed by atoms with Gasteiger partial charge >= 0.3 is 0 Å². The minimum atomic E-state index is 0.446. The molecule has 1 atom stereocenters. The summed E-state index contributed by atoms with van der Waals surface area (Å²) >= 11 is 0. The molecule has 1 rings (SSSR count). The van der Waals surface area contributed by atoms with Crippen LogP contribution in [0.4, 0.5) is 0 Å². The van der Waals surface area contributed by atoms with Crippen molar-refractivity contribution in [3.63, 3.8) is 0 Å². The molecule has 1 unspecified atom stereocenters. The summed E-state index contributed by atoms with van der Waals surface area (Å²) in [4.78, 5) is 0. The molecule has 0 heterocycles. The van der Waals surface area contributed by atoms with Crippen LogP contribution in [0.2, 0.25) is 0 Å². The quantitative estimate of drug-likeness (QED) is 0.811. The van der Waals surface area contributed by atoms with E-state index in [0.29, 0.717) is 6.04 Å². The molecule has 0 saturated carbocycles. The van der Waals surface area contributed by atoms with Crippen LogP contribution >= 0.6 is 0 Å². The van der Waals surface area contributed by atoms with E-state index in [9.17, 15) is 0 Å². The van der Waals surface area contributed by atoms with Crippen LogP contribution in [0.15, 0.2) is 18.2 Å². The zero-order chi connectivity index (χ0) is 12.8. The first-order chi connectivity index (χ1) is 8.08. The van der Waals surface area contributed by atoms with Gasteiger partial charge in [0.25, 0.3) is 0 Å². The highest BCUT2D eigenvalue weighted by Gasteiger charge is 2.11.